The highest BCUT2D eigenvalue weighted by Crippen LogP contribution is 2.12. The Kier molecular flexibility index (Phi) is 4.99. The molecule has 1 atom stereocenters. The van der Waals surface area contributed by atoms with Crippen molar-refractivity contribution in [1.82, 2.24) is 4.98 Å². The van der Waals surface area contributed by atoms with Gasteiger partial charge in [-0.05, 0) is 55.7 Å². The first-order chi connectivity index (χ1) is 9.60. The summed E-state index contributed by atoms with van der Waals surface area (Å²) in [5, 5.41) is 6.27. The standard InChI is InChI=1S/C16H20ClN3/c1-11(8-9-18)10-12(2)19-15-7-6-13-4-3-5-14(17)16(13)20-15/h4,6-10,12H,3,5,18H2,1-2H3,(H,19,20)/p+1/b9-8-,11-10-. The van der Waals surface area contributed by atoms with Crippen LogP contribution in [0.5, 0.6) is 0 Å². The molecule has 0 aromatic carbocycles. The third kappa shape index (κ3) is 3.71. The Morgan fingerprint density at radius 3 is 3.05 bits per heavy atom. The van der Waals surface area contributed by atoms with Crippen LogP contribution in [0.3, 0.4) is 0 Å². The Balaban J connectivity index is 2.22. The third-order valence-corrected chi connectivity index (χ3v) is 3.55. The maximum absolute atomic E-state index is 6.26. The lowest BCUT2D eigenvalue weighted by atomic mass is 10.1. The lowest BCUT2D eigenvalue weighted by Crippen LogP contribution is -2.39. The number of aromatic nitrogens is 1. The fourth-order valence-corrected chi connectivity index (χ4v) is 2.58. The van der Waals surface area contributed by atoms with Crippen LogP contribution in [0.25, 0.3) is 11.1 Å². The van der Waals surface area contributed by atoms with Gasteiger partial charge < -0.3 is 11.1 Å². The monoisotopic (exact) mass is 290 g/mol. The highest BCUT2D eigenvalue weighted by Gasteiger charge is 2.05. The van der Waals surface area contributed by atoms with Gasteiger partial charge in [-0.25, -0.2) is 4.98 Å². The molecule has 1 aromatic heterocycles. The third-order valence-electron chi connectivity index (χ3n) is 3.18. The molecule has 0 saturated carbocycles. The normalized spacial score (nSPS) is 16.8. The topological polar surface area (TPSA) is 52.6 Å². The van der Waals surface area contributed by atoms with E-state index < -0.39 is 0 Å². The molecule has 4 heteroatoms. The summed E-state index contributed by atoms with van der Waals surface area (Å²) in [5.74, 6) is 0.854. The van der Waals surface area contributed by atoms with Crippen molar-refractivity contribution in [2.24, 2.45) is 0 Å². The molecule has 106 valence electrons. The summed E-state index contributed by atoms with van der Waals surface area (Å²) < 4.78 is 0. The van der Waals surface area contributed by atoms with Gasteiger partial charge in [0.05, 0.1) is 11.5 Å². The number of nitrogens with one attached hydrogen (secondary N) is 1. The van der Waals surface area contributed by atoms with Crippen LogP contribution in [-0.4, -0.2) is 11.0 Å². The van der Waals surface area contributed by atoms with E-state index in [0.717, 1.165) is 34.3 Å². The molecule has 1 unspecified atom stereocenters. The summed E-state index contributed by atoms with van der Waals surface area (Å²) in [7, 11) is 0. The van der Waals surface area contributed by atoms with Crippen molar-refractivity contribution in [1.29, 1.82) is 0 Å². The number of allylic oxidation sites excluding steroid dienone is 2. The van der Waals surface area contributed by atoms with Crippen molar-refractivity contribution in [3.8, 4) is 0 Å². The molecule has 4 N–H and O–H groups in total. The van der Waals surface area contributed by atoms with E-state index in [1.807, 2.05) is 12.1 Å². The van der Waals surface area contributed by atoms with Crippen molar-refractivity contribution >= 4 is 28.5 Å². The summed E-state index contributed by atoms with van der Waals surface area (Å²) in [6, 6.07) is 4.27. The van der Waals surface area contributed by atoms with Crippen molar-refractivity contribution in [2.45, 2.75) is 32.7 Å². The molecule has 0 aliphatic heterocycles. The zero-order valence-corrected chi connectivity index (χ0v) is 12.7. The van der Waals surface area contributed by atoms with Crippen LogP contribution in [0.4, 0.5) is 5.82 Å². The Morgan fingerprint density at radius 2 is 2.30 bits per heavy atom. The van der Waals surface area contributed by atoms with E-state index in [2.05, 4.69) is 48.1 Å². The minimum Gasteiger partial charge on any atom is -0.364 e. The number of hydrogen-bond acceptors (Lipinski definition) is 2. The van der Waals surface area contributed by atoms with E-state index in [9.17, 15) is 0 Å². The molecule has 0 saturated heterocycles. The molecule has 20 heavy (non-hydrogen) atoms. The van der Waals surface area contributed by atoms with Crippen molar-refractivity contribution < 1.29 is 5.73 Å². The smallest absolute Gasteiger partial charge is 0.127 e. The van der Waals surface area contributed by atoms with E-state index in [0.29, 0.717) is 0 Å². The first-order valence-electron chi connectivity index (χ1n) is 6.87. The van der Waals surface area contributed by atoms with Gasteiger partial charge in [-0.2, -0.15) is 0 Å². The zero-order valence-electron chi connectivity index (χ0n) is 12.0. The minimum atomic E-state index is 0.197. The quantitative estimate of drug-likeness (QED) is 0.826. The Labute approximate surface area is 124 Å². The van der Waals surface area contributed by atoms with Gasteiger partial charge in [-0.15, -0.1) is 0 Å². The summed E-state index contributed by atoms with van der Waals surface area (Å²) in [6.45, 7) is 4.15. The van der Waals surface area contributed by atoms with Crippen molar-refractivity contribution in [3.05, 3.63) is 46.6 Å². The average molecular weight is 291 g/mol. The summed E-state index contributed by atoms with van der Waals surface area (Å²) in [5.41, 5.74) is 4.88. The molecule has 0 amide bonds. The number of quaternary nitrogens is 1. The van der Waals surface area contributed by atoms with Crippen LogP contribution in [-0.2, 0) is 0 Å². The Hall–Kier alpha value is -1.58. The maximum atomic E-state index is 6.26. The van der Waals surface area contributed by atoms with Gasteiger partial charge >= 0.3 is 0 Å². The molecule has 0 bridgehead atoms. The fourth-order valence-electron chi connectivity index (χ4n) is 2.32. The number of fused-ring (bicyclic) bond motifs is 1. The van der Waals surface area contributed by atoms with Crippen LogP contribution < -0.4 is 21.6 Å². The molecule has 1 aliphatic rings. The van der Waals surface area contributed by atoms with Gasteiger partial charge in [0, 0.05) is 11.1 Å². The van der Waals surface area contributed by atoms with E-state index in [-0.39, 0.29) is 6.04 Å². The second-order valence-corrected chi connectivity index (χ2v) is 5.48. The highest BCUT2D eigenvalue weighted by molar-refractivity contribution is 6.45. The first kappa shape index (κ1) is 14.8. The lowest BCUT2D eigenvalue weighted by Gasteiger charge is -2.12. The lowest BCUT2D eigenvalue weighted by molar-refractivity contribution is -0.274. The van der Waals surface area contributed by atoms with Gasteiger partial charge in [-0.1, -0.05) is 23.8 Å². The Bertz CT molecular complexity index is 659. The van der Waals surface area contributed by atoms with E-state index in [4.69, 9.17) is 11.6 Å². The van der Waals surface area contributed by atoms with Gasteiger partial charge in [0.25, 0.3) is 0 Å². The molecule has 2 rings (SSSR count). The predicted octanol–water partition coefficient (Wildman–Crippen LogP) is 1.51. The average Bonchev–Trinajstić information content (AvgIpc) is 2.39. The van der Waals surface area contributed by atoms with Gasteiger partial charge in [0.2, 0.25) is 0 Å². The number of pyridine rings is 1. The fraction of sp³-hybridized carbons (Fsp3) is 0.312. The van der Waals surface area contributed by atoms with Crippen LogP contribution in [0.15, 0.2) is 36.1 Å². The summed E-state index contributed by atoms with van der Waals surface area (Å²) >= 11 is 6.26. The van der Waals surface area contributed by atoms with E-state index in [1.165, 1.54) is 5.57 Å². The van der Waals surface area contributed by atoms with E-state index in [1.54, 1.807) is 6.20 Å². The van der Waals surface area contributed by atoms with Crippen LogP contribution in [0.1, 0.15) is 26.7 Å². The first-order valence-corrected chi connectivity index (χ1v) is 7.24. The molecule has 0 spiro atoms. The van der Waals surface area contributed by atoms with Crippen molar-refractivity contribution in [3.63, 3.8) is 0 Å². The second-order valence-electron chi connectivity index (χ2n) is 5.03. The molecule has 3 nitrogen and oxygen atoms in total. The van der Waals surface area contributed by atoms with Crippen LogP contribution in [0.2, 0.25) is 0 Å². The SMILES string of the molecule is CC(/C=C\[NH3+])=C/C(C)Nc1ccc2c(n1)=C(Cl)CCC=2. The number of rotatable bonds is 4. The number of nitrogens with zero attached hydrogens (tertiary/aromatic N) is 1. The zero-order chi connectivity index (χ0) is 14.5. The molecule has 0 fully saturated rings. The molecule has 1 heterocycles. The van der Waals surface area contributed by atoms with Crippen LogP contribution >= 0.6 is 11.6 Å². The highest BCUT2D eigenvalue weighted by atomic mass is 35.5. The Morgan fingerprint density at radius 1 is 1.50 bits per heavy atom. The molecular weight excluding hydrogens is 270 g/mol. The summed E-state index contributed by atoms with van der Waals surface area (Å²) in [4.78, 5) is 4.62. The van der Waals surface area contributed by atoms with Gasteiger partial charge in [0.15, 0.2) is 0 Å². The molecule has 0 radical (unpaired) electrons. The molecular formula is C16H21ClN3+. The number of halogens is 1. The van der Waals surface area contributed by atoms with Gasteiger partial charge in [0.1, 0.15) is 5.82 Å². The largest absolute Gasteiger partial charge is 0.364 e. The number of hydrogen-bond donors (Lipinski definition) is 2. The second kappa shape index (κ2) is 6.73. The van der Waals surface area contributed by atoms with Gasteiger partial charge in [-0.3, -0.25) is 0 Å². The summed E-state index contributed by atoms with van der Waals surface area (Å²) in [6.07, 6.45) is 9.98. The number of anilines is 1. The maximum Gasteiger partial charge on any atom is 0.127 e. The van der Waals surface area contributed by atoms with Crippen LogP contribution in [0, 0.1) is 0 Å². The van der Waals surface area contributed by atoms with E-state index >= 15 is 0 Å². The molecule has 1 aliphatic carbocycles. The van der Waals surface area contributed by atoms with Crippen molar-refractivity contribution in [2.75, 3.05) is 5.32 Å². The minimum absolute atomic E-state index is 0.197. The molecule has 1 aromatic rings. The predicted molar refractivity (Wildman–Crippen MR) is 85.3 cm³/mol.